The van der Waals surface area contributed by atoms with Gasteiger partial charge < -0.3 is 15.0 Å². The molecule has 1 N–H and O–H groups in total. The smallest absolute Gasteiger partial charge is 0.317 e. The molecule has 1 saturated heterocycles. The first kappa shape index (κ1) is 17.3. The van der Waals surface area contributed by atoms with Crippen molar-refractivity contribution in [3.63, 3.8) is 0 Å². The fourth-order valence-electron chi connectivity index (χ4n) is 3.19. The van der Waals surface area contributed by atoms with Crippen LogP contribution in [0, 0.1) is 11.8 Å². The Labute approximate surface area is 138 Å². The number of ether oxygens (including phenoxy) is 1. The summed E-state index contributed by atoms with van der Waals surface area (Å²) < 4.78 is 4.83. The second kappa shape index (κ2) is 7.99. The Balaban J connectivity index is 1.89. The Bertz CT molecular complexity index is 559. The van der Waals surface area contributed by atoms with Crippen LogP contribution in [0.15, 0.2) is 24.3 Å². The van der Waals surface area contributed by atoms with Gasteiger partial charge in [-0.3, -0.25) is 4.79 Å². The Kier molecular flexibility index (Phi) is 6.02. The molecule has 126 valence electrons. The third-order valence-corrected chi connectivity index (χ3v) is 4.63. The molecule has 2 atom stereocenters. The van der Waals surface area contributed by atoms with Crippen LogP contribution < -0.4 is 5.32 Å². The Morgan fingerprint density at radius 3 is 2.61 bits per heavy atom. The number of nitrogens with one attached hydrogen (secondary N) is 1. The molecule has 1 fully saturated rings. The molecule has 1 aliphatic heterocycles. The van der Waals surface area contributed by atoms with Gasteiger partial charge in [0.25, 0.3) is 0 Å². The lowest BCUT2D eigenvalue weighted by molar-refractivity contribution is -0.148. The van der Waals surface area contributed by atoms with E-state index in [1.807, 2.05) is 25.1 Å². The molecule has 23 heavy (non-hydrogen) atoms. The van der Waals surface area contributed by atoms with E-state index in [1.165, 1.54) is 12.7 Å². The number of urea groups is 1. The molecular weight excluding hydrogens is 292 g/mol. The van der Waals surface area contributed by atoms with Crippen molar-refractivity contribution in [2.75, 3.05) is 20.2 Å². The van der Waals surface area contributed by atoms with E-state index < -0.39 is 0 Å². The molecule has 0 saturated carbocycles. The van der Waals surface area contributed by atoms with E-state index in [-0.39, 0.29) is 23.8 Å². The lowest BCUT2D eigenvalue weighted by atomic mass is 9.87. The van der Waals surface area contributed by atoms with Crippen LogP contribution in [0.25, 0.3) is 0 Å². The predicted molar refractivity (Wildman–Crippen MR) is 88.9 cm³/mol. The quantitative estimate of drug-likeness (QED) is 0.868. The molecule has 2 rings (SSSR count). The highest BCUT2D eigenvalue weighted by molar-refractivity contribution is 5.76. The van der Waals surface area contributed by atoms with Crippen LogP contribution in [-0.2, 0) is 22.5 Å². The fraction of sp³-hybridized carbons (Fsp3) is 0.556. The van der Waals surface area contributed by atoms with Crippen molar-refractivity contribution in [3.05, 3.63) is 35.4 Å². The first-order valence-electron chi connectivity index (χ1n) is 8.24. The molecule has 0 aromatic heterocycles. The Morgan fingerprint density at radius 2 is 2.00 bits per heavy atom. The number of piperidine rings is 1. The van der Waals surface area contributed by atoms with Gasteiger partial charge in [-0.05, 0) is 29.9 Å². The number of hydrogen-bond donors (Lipinski definition) is 1. The maximum Gasteiger partial charge on any atom is 0.317 e. The number of hydrogen-bond acceptors (Lipinski definition) is 3. The second-order valence-electron chi connectivity index (χ2n) is 6.12. The molecule has 0 radical (unpaired) electrons. The number of likely N-dealkylation sites (tertiary alicyclic amines) is 1. The van der Waals surface area contributed by atoms with Crippen molar-refractivity contribution in [1.82, 2.24) is 10.2 Å². The zero-order valence-electron chi connectivity index (χ0n) is 14.2. The van der Waals surface area contributed by atoms with Gasteiger partial charge in [-0.25, -0.2) is 4.79 Å². The van der Waals surface area contributed by atoms with Crippen LogP contribution in [0.1, 0.15) is 31.4 Å². The van der Waals surface area contributed by atoms with Gasteiger partial charge in [0.05, 0.1) is 13.0 Å². The van der Waals surface area contributed by atoms with E-state index in [1.54, 1.807) is 4.90 Å². The van der Waals surface area contributed by atoms with E-state index in [0.717, 1.165) is 12.0 Å². The third-order valence-electron chi connectivity index (χ3n) is 4.63. The van der Waals surface area contributed by atoms with Crippen molar-refractivity contribution in [1.29, 1.82) is 0 Å². The van der Waals surface area contributed by atoms with Crippen LogP contribution in [0.4, 0.5) is 4.79 Å². The van der Waals surface area contributed by atoms with E-state index in [9.17, 15) is 9.59 Å². The molecular formula is C18H26N2O3. The van der Waals surface area contributed by atoms with E-state index in [4.69, 9.17) is 4.74 Å². The highest BCUT2D eigenvalue weighted by Crippen LogP contribution is 2.24. The minimum atomic E-state index is -0.172. The molecule has 1 aromatic carbocycles. The zero-order valence-corrected chi connectivity index (χ0v) is 14.2. The summed E-state index contributed by atoms with van der Waals surface area (Å²) >= 11 is 0. The van der Waals surface area contributed by atoms with Gasteiger partial charge in [-0.15, -0.1) is 0 Å². The Morgan fingerprint density at radius 1 is 1.30 bits per heavy atom. The summed E-state index contributed by atoms with van der Waals surface area (Å²) in [6.45, 7) is 5.81. The number of methoxy groups -OCH3 is 1. The number of aryl methyl sites for hydroxylation is 1. The minimum absolute atomic E-state index is 0.0638. The monoisotopic (exact) mass is 318 g/mol. The maximum absolute atomic E-state index is 12.4. The van der Waals surface area contributed by atoms with Gasteiger partial charge in [-0.2, -0.15) is 0 Å². The van der Waals surface area contributed by atoms with Crippen molar-refractivity contribution in [3.8, 4) is 0 Å². The summed E-state index contributed by atoms with van der Waals surface area (Å²) in [5.41, 5.74) is 2.41. The van der Waals surface area contributed by atoms with Crippen molar-refractivity contribution >= 4 is 12.0 Å². The van der Waals surface area contributed by atoms with Gasteiger partial charge in [0, 0.05) is 19.6 Å². The minimum Gasteiger partial charge on any atom is -0.469 e. The third kappa shape index (κ3) is 4.24. The molecule has 5 heteroatoms. The molecule has 1 aliphatic rings. The van der Waals surface area contributed by atoms with Crippen LogP contribution in [0.5, 0.6) is 0 Å². The van der Waals surface area contributed by atoms with Gasteiger partial charge in [0.2, 0.25) is 0 Å². The van der Waals surface area contributed by atoms with Crippen molar-refractivity contribution < 1.29 is 14.3 Å². The van der Waals surface area contributed by atoms with Gasteiger partial charge >= 0.3 is 12.0 Å². The van der Waals surface area contributed by atoms with Crippen LogP contribution in [0.3, 0.4) is 0 Å². The normalized spacial score (nSPS) is 20.9. The van der Waals surface area contributed by atoms with Crippen LogP contribution in [-0.4, -0.2) is 37.1 Å². The zero-order chi connectivity index (χ0) is 16.8. The van der Waals surface area contributed by atoms with Crippen LogP contribution >= 0.6 is 0 Å². The standard InChI is InChI=1S/C18H26N2O3/c1-4-14-7-5-6-8-15(14)11-19-18(22)20-10-9-16(13(2)12-20)17(21)23-3/h5-8,13,16H,4,9-12H2,1-3H3,(H,19,22)/t13-,16+/m0/s1. The predicted octanol–water partition coefficient (Wildman–Crippen LogP) is 2.59. The lowest BCUT2D eigenvalue weighted by Gasteiger charge is -2.35. The number of carbonyl (C=O) groups is 2. The summed E-state index contributed by atoms with van der Waals surface area (Å²) in [6.07, 6.45) is 1.61. The van der Waals surface area contributed by atoms with Crippen molar-refractivity contribution in [2.24, 2.45) is 11.8 Å². The number of carbonyl (C=O) groups excluding carboxylic acids is 2. The van der Waals surface area contributed by atoms with Gasteiger partial charge in [-0.1, -0.05) is 38.1 Å². The second-order valence-corrected chi connectivity index (χ2v) is 6.12. The SMILES string of the molecule is CCc1ccccc1CNC(=O)N1CC[C@@H](C(=O)OC)[C@@H](C)C1. The molecule has 1 aromatic rings. The number of benzene rings is 1. The van der Waals surface area contributed by atoms with Crippen LogP contribution in [0.2, 0.25) is 0 Å². The first-order valence-corrected chi connectivity index (χ1v) is 8.24. The highest BCUT2D eigenvalue weighted by Gasteiger charge is 2.33. The van der Waals surface area contributed by atoms with Gasteiger partial charge in [0.15, 0.2) is 0 Å². The lowest BCUT2D eigenvalue weighted by Crippen LogP contribution is -2.48. The maximum atomic E-state index is 12.4. The summed E-state index contributed by atoms with van der Waals surface area (Å²) in [5.74, 6) is -0.163. The highest BCUT2D eigenvalue weighted by atomic mass is 16.5. The average Bonchev–Trinajstić information content (AvgIpc) is 2.59. The molecule has 2 amide bonds. The van der Waals surface area contributed by atoms with Gasteiger partial charge in [0.1, 0.15) is 0 Å². The Hall–Kier alpha value is -2.04. The molecule has 0 unspecified atom stereocenters. The molecule has 5 nitrogen and oxygen atoms in total. The fourth-order valence-corrected chi connectivity index (χ4v) is 3.19. The number of esters is 1. The van der Waals surface area contributed by atoms with E-state index in [2.05, 4.69) is 18.3 Å². The number of rotatable bonds is 4. The summed E-state index contributed by atoms with van der Waals surface area (Å²) in [7, 11) is 1.42. The average molecular weight is 318 g/mol. The summed E-state index contributed by atoms with van der Waals surface area (Å²) in [6, 6.07) is 8.08. The first-order chi connectivity index (χ1) is 11.1. The largest absolute Gasteiger partial charge is 0.469 e. The summed E-state index contributed by atoms with van der Waals surface area (Å²) in [5, 5.41) is 2.99. The molecule has 0 aliphatic carbocycles. The number of nitrogens with zero attached hydrogens (tertiary/aromatic N) is 1. The number of amides is 2. The molecule has 0 spiro atoms. The summed E-state index contributed by atoms with van der Waals surface area (Å²) in [4.78, 5) is 25.8. The molecule has 1 heterocycles. The van der Waals surface area contributed by atoms with Crippen molar-refractivity contribution in [2.45, 2.75) is 33.2 Å². The topological polar surface area (TPSA) is 58.6 Å². The van der Waals surface area contributed by atoms with E-state index in [0.29, 0.717) is 26.1 Å². The molecule has 0 bridgehead atoms. The van der Waals surface area contributed by atoms with E-state index >= 15 is 0 Å².